The molecule has 0 atom stereocenters. The van der Waals surface area contributed by atoms with Gasteiger partial charge < -0.3 is 15.6 Å². The van der Waals surface area contributed by atoms with Crippen molar-refractivity contribution in [2.75, 3.05) is 5.32 Å². The molecule has 0 aliphatic rings. The van der Waals surface area contributed by atoms with Crippen LogP contribution in [-0.2, 0) is 6.54 Å². The molecule has 0 aliphatic carbocycles. The Kier molecular flexibility index (Phi) is 6.08. The smallest absolute Gasteiger partial charge is 0.319 e. The predicted octanol–water partition coefficient (Wildman–Crippen LogP) is 5.00. The molecule has 0 radical (unpaired) electrons. The summed E-state index contributed by atoms with van der Waals surface area (Å²) in [6.45, 7) is 4.52. The Morgan fingerprint density at radius 1 is 1.19 bits per heavy atom. The number of H-pyrrole nitrogens is 1. The Morgan fingerprint density at radius 3 is 2.78 bits per heavy atom. The van der Waals surface area contributed by atoms with E-state index in [1.54, 1.807) is 30.1 Å². The Morgan fingerprint density at radius 2 is 2.00 bits per heavy atom. The minimum atomic E-state index is -0.315. The molecule has 3 rings (SSSR count). The number of hydrogen-bond donors (Lipinski definition) is 3. The highest BCUT2D eigenvalue weighted by Gasteiger charge is 2.10. The van der Waals surface area contributed by atoms with Crippen LogP contribution in [0.3, 0.4) is 0 Å². The van der Waals surface area contributed by atoms with E-state index in [1.807, 2.05) is 24.3 Å². The number of amides is 2. The number of pyridine rings is 1. The molecule has 0 saturated carbocycles. The van der Waals surface area contributed by atoms with E-state index in [0.717, 1.165) is 16.0 Å². The highest BCUT2D eigenvalue weighted by atomic mass is 35.5. The van der Waals surface area contributed by atoms with Crippen LogP contribution in [0.2, 0.25) is 5.02 Å². The number of nitrogens with one attached hydrogen (secondary N) is 3. The van der Waals surface area contributed by atoms with E-state index in [-0.39, 0.29) is 11.5 Å². The second-order valence-corrected chi connectivity index (χ2v) is 8.39. The van der Waals surface area contributed by atoms with Crippen molar-refractivity contribution < 1.29 is 4.79 Å². The van der Waals surface area contributed by atoms with E-state index < -0.39 is 0 Å². The summed E-state index contributed by atoms with van der Waals surface area (Å²) in [5, 5.41) is 7.27. The first kappa shape index (κ1) is 19.3. The van der Waals surface area contributed by atoms with Gasteiger partial charge in [0.15, 0.2) is 5.43 Å². The van der Waals surface area contributed by atoms with Gasteiger partial charge in [-0.3, -0.25) is 4.79 Å². The van der Waals surface area contributed by atoms with Gasteiger partial charge in [0, 0.05) is 44.9 Å². The third-order valence-electron chi connectivity index (χ3n) is 3.83. The zero-order valence-electron chi connectivity index (χ0n) is 15.0. The number of aromatic amines is 1. The molecule has 7 heteroatoms. The first-order chi connectivity index (χ1) is 12.9. The summed E-state index contributed by atoms with van der Waals surface area (Å²) in [4.78, 5) is 28.1. The molecule has 1 aromatic heterocycles. The molecular weight excluding hydrogens is 382 g/mol. The molecule has 0 aliphatic heterocycles. The molecule has 0 bridgehead atoms. The summed E-state index contributed by atoms with van der Waals surface area (Å²) in [7, 11) is 0. The van der Waals surface area contributed by atoms with Crippen LogP contribution in [0.1, 0.15) is 19.4 Å². The van der Waals surface area contributed by atoms with Gasteiger partial charge in [0.25, 0.3) is 0 Å². The molecule has 3 N–H and O–H groups in total. The minimum absolute atomic E-state index is 0.0304. The quantitative estimate of drug-likeness (QED) is 0.526. The van der Waals surface area contributed by atoms with Gasteiger partial charge in [-0.15, -0.1) is 11.8 Å². The molecule has 0 fully saturated rings. The van der Waals surface area contributed by atoms with Gasteiger partial charge in [0.05, 0.1) is 5.69 Å². The van der Waals surface area contributed by atoms with Crippen LogP contribution in [-0.4, -0.2) is 16.3 Å². The van der Waals surface area contributed by atoms with Crippen molar-refractivity contribution in [3.05, 3.63) is 69.5 Å². The van der Waals surface area contributed by atoms with Crippen molar-refractivity contribution in [3.63, 3.8) is 0 Å². The third kappa shape index (κ3) is 5.05. The summed E-state index contributed by atoms with van der Waals surface area (Å²) >= 11 is 7.73. The minimum Gasteiger partial charge on any atom is -0.361 e. The predicted molar refractivity (Wildman–Crippen MR) is 113 cm³/mol. The van der Waals surface area contributed by atoms with Gasteiger partial charge in [-0.05, 0) is 35.9 Å². The molecule has 0 spiro atoms. The molecule has 5 nitrogen and oxygen atoms in total. The molecule has 3 aromatic rings. The maximum Gasteiger partial charge on any atom is 0.319 e. The van der Waals surface area contributed by atoms with Crippen LogP contribution >= 0.6 is 23.4 Å². The monoisotopic (exact) mass is 401 g/mol. The van der Waals surface area contributed by atoms with Gasteiger partial charge >= 0.3 is 6.03 Å². The summed E-state index contributed by atoms with van der Waals surface area (Å²) in [6.07, 6.45) is 1.61. The lowest BCUT2D eigenvalue weighted by atomic mass is 10.1. The third-order valence-corrected chi connectivity index (χ3v) is 5.14. The summed E-state index contributed by atoms with van der Waals surface area (Å²) in [6, 6.07) is 12.1. The Hall–Kier alpha value is -2.44. The normalized spacial score (nSPS) is 11.0. The molecule has 1 heterocycles. The van der Waals surface area contributed by atoms with Gasteiger partial charge in [0.1, 0.15) is 0 Å². The first-order valence-corrected chi connectivity index (χ1v) is 9.79. The summed E-state index contributed by atoms with van der Waals surface area (Å²) < 4.78 is 0. The highest BCUT2D eigenvalue weighted by molar-refractivity contribution is 8.00. The Bertz CT molecular complexity index is 1030. The van der Waals surface area contributed by atoms with Crippen molar-refractivity contribution in [1.82, 2.24) is 10.3 Å². The van der Waals surface area contributed by atoms with Gasteiger partial charge in [-0.1, -0.05) is 31.5 Å². The van der Waals surface area contributed by atoms with E-state index in [1.165, 1.54) is 6.07 Å². The second-order valence-electron chi connectivity index (χ2n) is 6.34. The van der Waals surface area contributed by atoms with Crippen molar-refractivity contribution in [3.8, 4) is 0 Å². The molecule has 140 valence electrons. The molecule has 27 heavy (non-hydrogen) atoms. The molecule has 0 saturated heterocycles. The number of hydrogen-bond acceptors (Lipinski definition) is 3. The summed E-state index contributed by atoms with van der Waals surface area (Å²) in [5.74, 6) is 0. The fourth-order valence-electron chi connectivity index (χ4n) is 2.64. The van der Waals surface area contributed by atoms with Crippen LogP contribution in [0, 0.1) is 0 Å². The van der Waals surface area contributed by atoms with E-state index in [0.29, 0.717) is 27.9 Å². The molecule has 2 amide bonds. The zero-order valence-corrected chi connectivity index (χ0v) is 16.6. The lowest BCUT2D eigenvalue weighted by Crippen LogP contribution is -2.28. The largest absolute Gasteiger partial charge is 0.361 e. The maximum absolute atomic E-state index is 12.3. The SMILES string of the molecule is CC(C)Sc1ccc(Cl)cc1NC(=O)NCc1ccc2c(=O)cc[nH]c2c1. The number of anilines is 1. The zero-order chi connectivity index (χ0) is 19.4. The number of thioether (sulfide) groups is 1. The summed E-state index contributed by atoms with van der Waals surface area (Å²) in [5.41, 5.74) is 2.29. The number of urea groups is 1. The van der Waals surface area contributed by atoms with Gasteiger partial charge in [0.2, 0.25) is 0 Å². The van der Waals surface area contributed by atoms with Crippen LogP contribution < -0.4 is 16.1 Å². The first-order valence-electron chi connectivity index (χ1n) is 8.54. The standard InChI is InChI=1S/C20H20ClN3O2S/c1-12(2)27-19-6-4-14(21)10-17(19)24-20(26)23-11-13-3-5-15-16(9-13)22-8-7-18(15)25/h3-10,12H,11H2,1-2H3,(H,22,25)(H2,23,24,26). The molecular formula is C20H20ClN3O2S. The maximum atomic E-state index is 12.3. The van der Waals surface area contributed by atoms with Crippen LogP contribution in [0.15, 0.2) is 58.4 Å². The van der Waals surface area contributed by atoms with Crippen molar-refractivity contribution in [2.24, 2.45) is 0 Å². The fourth-order valence-corrected chi connectivity index (χ4v) is 3.70. The topological polar surface area (TPSA) is 74.0 Å². The van der Waals surface area contributed by atoms with Crippen molar-refractivity contribution >= 4 is 46.0 Å². The number of carbonyl (C=O) groups is 1. The second kappa shape index (κ2) is 8.50. The Balaban J connectivity index is 1.68. The van der Waals surface area contributed by atoms with E-state index in [4.69, 9.17) is 11.6 Å². The molecule has 2 aromatic carbocycles. The lowest BCUT2D eigenvalue weighted by Gasteiger charge is -2.14. The average molecular weight is 402 g/mol. The van der Waals surface area contributed by atoms with E-state index >= 15 is 0 Å². The number of fused-ring (bicyclic) bond motifs is 1. The average Bonchev–Trinajstić information content (AvgIpc) is 2.62. The van der Waals surface area contributed by atoms with Crippen LogP contribution in [0.4, 0.5) is 10.5 Å². The van der Waals surface area contributed by atoms with Crippen LogP contribution in [0.5, 0.6) is 0 Å². The number of rotatable bonds is 5. The Labute approximate surface area is 166 Å². The number of aromatic nitrogens is 1. The number of halogens is 1. The van der Waals surface area contributed by atoms with Gasteiger partial charge in [-0.2, -0.15) is 0 Å². The number of benzene rings is 2. The number of carbonyl (C=O) groups excluding carboxylic acids is 1. The van der Waals surface area contributed by atoms with Crippen molar-refractivity contribution in [1.29, 1.82) is 0 Å². The van der Waals surface area contributed by atoms with E-state index in [9.17, 15) is 9.59 Å². The lowest BCUT2D eigenvalue weighted by molar-refractivity contribution is 0.251. The van der Waals surface area contributed by atoms with Crippen LogP contribution in [0.25, 0.3) is 10.9 Å². The van der Waals surface area contributed by atoms with Crippen molar-refractivity contribution in [2.45, 2.75) is 30.5 Å². The van der Waals surface area contributed by atoms with Gasteiger partial charge in [-0.25, -0.2) is 4.79 Å². The highest BCUT2D eigenvalue weighted by Crippen LogP contribution is 2.32. The molecule has 0 unspecified atom stereocenters. The fraction of sp³-hybridized carbons (Fsp3) is 0.200. The van der Waals surface area contributed by atoms with E-state index in [2.05, 4.69) is 29.5 Å².